The predicted octanol–water partition coefficient (Wildman–Crippen LogP) is 2.40. The molecule has 7 heteroatoms. The van der Waals surface area contributed by atoms with E-state index in [4.69, 9.17) is 0 Å². The van der Waals surface area contributed by atoms with Crippen LogP contribution in [0.25, 0.3) is 11.3 Å². The van der Waals surface area contributed by atoms with Crippen LogP contribution in [-0.4, -0.2) is 36.0 Å². The van der Waals surface area contributed by atoms with E-state index in [9.17, 15) is 13.2 Å². The van der Waals surface area contributed by atoms with Crippen molar-refractivity contribution >= 4 is 21.6 Å². The number of carbonyl (C=O) groups excluding carboxylic acids is 1. The third kappa shape index (κ3) is 4.41. The number of aromatic amines is 1. The number of anilines is 1. The Bertz CT molecular complexity index is 779. The average molecular weight is 335 g/mol. The third-order valence-corrected chi connectivity index (χ3v) is 5.14. The van der Waals surface area contributed by atoms with E-state index >= 15 is 0 Å². The molecular weight excluding hydrogens is 314 g/mol. The number of aryl methyl sites for hydroxylation is 1. The molecule has 1 atom stereocenters. The number of nitrogens with zero attached hydrogens (tertiary/aromatic N) is 1. The minimum absolute atomic E-state index is 0.304. The largest absolute Gasteiger partial charge is 0.308 e. The molecule has 0 unspecified atom stereocenters. The molecule has 1 amide bonds. The Kier molecular flexibility index (Phi) is 5.20. The molecule has 23 heavy (non-hydrogen) atoms. The lowest BCUT2D eigenvalue weighted by atomic mass is 10.1. The summed E-state index contributed by atoms with van der Waals surface area (Å²) in [6, 6.07) is 9.78. The lowest BCUT2D eigenvalue weighted by molar-refractivity contribution is -0.115. The van der Waals surface area contributed by atoms with E-state index in [1.807, 2.05) is 12.1 Å². The van der Waals surface area contributed by atoms with Crippen molar-refractivity contribution in [2.75, 3.05) is 11.6 Å². The van der Waals surface area contributed by atoms with Crippen molar-refractivity contribution in [2.45, 2.75) is 31.9 Å². The Morgan fingerprint density at radius 2 is 1.96 bits per heavy atom. The van der Waals surface area contributed by atoms with E-state index in [0.717, 1.165) is 30.4 Å². The third-order valence-electron chi connectivity index (χ3n) is 3.64. The maximum absolute atomic E-state index is 11.9. The minimum Gasteiger partial charge on any atom is -0.308 e. The quantitative estimate of drug-likeness (QED) is 0.848. The summed E-state index contributed by atoms with van der Waals surface area (Å²) >= 11 is 0. The highest BCUT2D eigenvalue weighted by molar-refractivity contribution is 7.92. The molecular formula is C16H21N3O3S. The van der Waals surface area contributed by atoms with Gasteiger partial charge in [0.05, 0.1) is 5.69 Å². The van der Waals surface area contributed by atoms with Crippen molar-refractivity contribution < 1.29 is 13.2 Å². The van der Waals surface area contributed by atoms with Crippen molar-refractivity contribution in [1.29, 1.82) is 0 Å². The van der Waals surface area contributed by atoms with E-state index in [0.29, 0.717) is 5.82 Å². The van der Waals surface area contributed by atoms with E-state index < -0.39 is 21.0 Å². The number of hydrogen-bond donors (Lipinski definition) is 2. The molecule has 2 rings (SSSR count). The molecule has 0 saturated carbocycles. The molecule has 2 N–H and O–H groups in total. The van der Waals surface area contributed by atoms with Crippen LogP contribution in [0.1, 0.15) is 25.8 Å². The standard InChI is InChI=1S/C16H21N3O3S/c1-4-5-12-6-8-13(9-7-12)14-10-15(19-18-14)17-16(20)11(2)23(3,21)22/h6-11H,4-5H2,1-3H3,(H2,17,18,19,20)/t11-/m0/s1. The molecule has 0 bridgehead atoms. The molecule has 0 aliphatic carbocycles. The summed E-state index contributed by atoms with van der Waals surface area (Å²) in [6.45, 7) is 3.49. The van der Waals surface area contributed by atoms with Crippen molar-refractivity contribution in [1.82, 2.24) is 10.2 Å². The molecule has 0 spiro atoms. The van der Waals surface area contributed by atoms with Crippen LogP contribution in [0.2, 0.25) is 0 Å². The van der Waals surface area contributed by atoms with E-state index in [2.05, 4.69) is 34.6 Å². The number of amides is 1. The average Bonchev–Trinajstić information content (AvgIpc) is 2.95. The lowest BCUT2D eigenvalue weighted by Gasteiger charge is -2.07. The highest BCUT2D eigenvalue weighted by Gasteiger charge is 2.24. The molecule has 0 saturated heterocycles. The summed E-state index contributed by atoms with van der Waals surface area (Å²) in [5.74, 6) is -0.290. The second kappa shape index (κ2) is 6.95. The monoisotopic (exact) mass is 335 g/mol. The van der Waals surface area contributed by atoms with Crippen LogP contribution in [0, 0.1) is 0 Å². The van der Waals surface area contributed by atoms with Gasteiger partial charge in [0.2, 0.25) is 5.91 Å². The van der Waals surface area contributed by atoms with Crippen LogP contribution in [0.15, 0.2) is 30.3 Å². The number of nitrogens with one attached hydrogen (secondary N) is 2. The van der Waals surface area contributed by atoms with Gasteiger partial charge in [0, 0.05) is 12.3 Å². The Balaban J connectivity index is 2.10. The molecule has 1 aromatic carbocycles. The van der Waals surface area contributed by atoms with Gasteiger partial charge in [-0.05, 0) is 24.5 Å². The van der Waals surface area contributed by atoms with Crippen LogP contribution in [0.3, 0.4) is 0 Å². The molecule has 1 heterocycles. The molecule has 2 aromatic rings. The van der Waals surface area contributed by atoms with Gasteiger partial charge < -0.3 is 5.32 Å². The maximum atomic E-state index is 11.9. The number of hydrogen-bond acceptors (Lipinski definition) is 4. The first-order valence-corrected chi connectivity index (χ1v) is 9.41. The fourth-order valence-electron chi connectivity index (χ4n) is 2.10. The zero-order valence-corrected chi connectivity index (χ0v) is 14.3. The smallest absolute Gasteiger partial charge is 0.243 e. The number of benzene rings is 1. The number of rotatable bonds is 6. The van der Waals surface area contributed by atoms with Crippen LogP contribution in [-0.2, 0) is 21.1 Å². The fraction of sp³-hybridized carbons (Fsp3) is 0.375. The Labute approximate surface area is 136 Å². The summed E-state index contributed by atoms with van der Waals surface area (Å²) in [5, 5.41) is 8.24. The first-order valence-electron chi connectivity index (χ1n) is 7.45. The van der Waals surface area contributed by atoms with Crippen LogP contribution in [0.5, 0.6) is 0 Å². The van der Waals surface area contributed by atoms with Gasteiger partial charge >= 0.3 is 0 Å². The van der Waals surface area contributed by atoms with E-state index in [1.54, 1.807) is 6.07 Å². The summed E-state index contributed by atoms with van der Waals surface area (Å²) in [5.41, 5.74) is 2.98. The molecule has 1 aromatic heterocycles. The maximum Gasteiger partial charge on any atom is 0.243 e. The summed E-state index contributed by atoms with van der Waals surface area (Å²) in [4.78, 5) is 11.9. The predicted molar refractivity (Wildman–Crippen MR) is 91.0 cm³/mol. The van der Waals surface area contributed by atoms with Gasteiger partial charge in [0.25, 0.3) is 0 Å². The summed E-state index contributed by atoms with van der Waals surface area (Å²) < 4.78 is 22.8. The van der Waals surface area contributed by atoms with Crippen LogP contribution < -0.4 is 5.32 Å². The molecule has 6 nitrogen and oxygen atoms in total. The van der Waals surface area contributed by atoms with E-state index in [-0.39, 0.29) is 0 Å². The highest BCUT2D eigenvalue weighted by Crippen LogP contribution is 2.21. The Hall–Kier alpha value is -2.15. The summed E-state index contributed by atoms with van der Waals surface area (Å²) in [6.07, 6.45) is 3.16. The van der Waals surface area contributed by atoms with Gasteiger partial charge in [-0.1, -0.05) is 37.6 Å². The van der Waals surface area contributed by atoms with Crippen LogP contribution >= 0.6 is 0 Å². The van der Waals surface area contributed by atoms with Gasteiger partial charge in [-0.3, -0.25) is 9.89 Å². The van der Waals surface area contributed by atoms with Crippen molar-refractivity contribution in [3.63, 3.8) is 0 Å². The van der Waals surface area contributed by atoms with E-state index in [1.165, 1.54) is 12.5 Å². The Morgan fingerprint density at radius 1 is 1.30 bits per heavy atom. The molecule has 124 valence electrons. The zero-order valence-electron chi connectivity index (χ0n) is 13.5. The first kappa shape index (κ1) is 17.2. The second-order valence-corrected chi connectivity index (χ2v) is 7.94. The summed E-state index contributed by atoms with van der Waals surface area (Å²) in [7, 11) is -3.43. The van der Waals surface area contributed by atoms with Crippen molar-refractivity contribution in [3.8, 4) is 11.3 Å². The van der Waals surface area contributed by atoms with Gasteiger partial charge in [-0.2, -0.15) is 5.10 Å². The van der Waals surface area contributed by atoms with Gasteiger partial charge in [-0.25, -0.2) is 8.42 Å². The number of H-pyrrole nitrogens is 1. The first-order chi connectivity index (χ1) is 10.8. The lowest BCUT2D eigenvalue weighted by Crippen LogP contribution is -2.31. The zero-order chi connectivity index (χ0) is 17.0. The fourth-order valence-corrected chi connectivity index (χ4v) is 2.54. The molecule has 0 fully saturated rings. The number of carbonyl (C=O) groups is 1. The van der Waals surface area contributed by atoms with Crippen molar-refractivity contribution in [2.24, 2.45) is 0 Å². The topological polar surface area (TPSA) is 91.9 Å². The number of aromatic nitrogens is 2. The van der Waals surface area contributed by atoms with Gasteiger partial charge in [0.15, 0.2) is 15.7 Å². The number of sulfone groups is 1. The molecule has 0 radical (unpaired) electrons. The highest BCUT2D eigenvalue weighted by atomic mass is 32.2. The SMILES string of the molecule is CCCc1ccc(-c2cc(NC(=O)[C@H](C)S(C)(=O)=O)n[nH]2)cc1. The molecule has 0 aliphatic rings. The Morgan fingerprint density at radius 3 is 2.52 bits per heavy atom. The van der Waals surface area contributed by atoms with Crippen molar-refractivity contribution in [3.05, 3.63) is 35.9 Å². The van der Waals surface area contributed by atoms with Crippen LogP contribution in [0.4, 0.5) is 5.82 Å². The van der Waals surface area contributed by atoms with Gasteiger partial charge in [0.1, 0.15) is 5.25 Å². The second-order valence-electron chi connectivity index (χ2n) is 5.57. The molecule has 0 aliphatic heterocycles. The minimum atomic E-state index is -3.43. The normalized spacial score (nSPS) is 12.8. The van der Waals surface area contributed by atoms with Gasteiger partial charge in [-0.15, -0.1) is 0 Å².